The van der Waals surface area contributed by atoms with Crippen LogP contribution in [0.4, 0.5) is 0 Å². The van der Waals surface area contributed by atoms with Gasteiger partial charge in [0.2, 0.25) is 5.91 Å². The molecule has 1 atom stereocenters. The standard InChI is InChI=1S/C12H20N4O2/c17-12(8-11-9-18-7-4-14-11)15-2-1-5-16-6-3-13-10-16/h3,6,10-11,14H,1-2,4-5,7-9H2,(H,15,17)/t11-/m0/s1. The van der Waals surface area contributed by atoms with Crippen LogP contribution < -0.4 is 10.6 Å². The van der Waals surface area contributed by atoms with Crippen molar-refractivity contribution in [3.05, 3.63) is 18.7 Å². The van der Waals surface area contributed by atoms with Crippen molar-refractivity contribution < 1.29 is 9.53 Å². The zero-order valence-corrected chi connectivity index (χ0v) is 10.5. The fraction of sp³-hybridized carbons (Fsp3) is 0.667. The van der Waals surface area contributed by atoms with Gasteiger partial charge in [0.25, 0.3) is 0 Å². The second-order valence-corrected chi connectivity index (χ2v) is 4.43. The molecule has 1 amide bonds. The summed E-state index contributed by atoms with van der Waals surface area (Å²) in [6, 6.07) is 0.160. The van der Waals surface area contributed by atoms with Gasteiger partial charge in [0, 0.05) is 44.5 Å². The lowest BCUT2D eigenvalue weighted by molar-refractivity contribution is -0.122. The van der Waals surface area contributed by atoms with Crippen LogP contribution in [0.5, 0.6) is 0 Å². The highest BCUT2D eigenvalue weighted by Gasteiger charge is 2.16. The summed E-state index contributed by atoms with van der Waals surface area (Å²) >= 11 is 0. The summed E-state index contributed by atoms with van der Waals surface area (Å²) in [6.07, 6.45) is 6.87. The molecule has 0 aromatic carbocycles. The Balaban J connectivity index is 1.54. The minimum Gasteiger partial charge on any atom is -0.378 e. The molecule has 2 rings (SSSR count). The van der Waals surface area contributed by atoms with E-state index in [1.165, 1.54) is 0 Å². The van der Waals surface area contributed by atoms with Crippen molar-refractivity contribution in [1.82, 2.24) is 20.2 Å². The van der Waals surface area contributed by atoms with Crippen LogP contribution >= 0.6 is 0 Å². The van der Waals surface area contributed by atoms with Crippen molar-refractivity contribution in [2.24, 2.45) is 0 Å². The maximum absolute atomic E-state index is 11.6. The summed E-state index contributed by atoms with van der Waals surface area (Å²) in [4.78, 5) is 15.6. The second-order valence-electron chi connectivity index (χ2n) is 4.43. The molecule has 1 aromatic rings. The second kappa shape index (κ2) is 7.13. The monoisotopic (exact) mass is 252 g/mol. The van der Waals surface area contributed by atoms with Crippen LogP contribution in [-0.2, 0) is 16.1 Å². The van der Waals surface area contributed by atoms with Crippen molar-refractivity contribution in [3.8, 4) is 0 Å². The zero-order valence-electron chi connectivity index (χ0n) is 10.5. The number of ether oxygens (including phenoxy) is 1. The smallest absolute Gasteiger partial charge is 0.221 e. The molecular formula is C12H20N4O2. The molecule has 0 aliphatic carbocycles. The predicted molar refractivity (Wildman–Crippen MR) is 67.1 cm³/mol. The molecule has 1 aliphatic heterocycles. The molecule has 0 radical (unpaired) electrons. The summed E-state index contributed by atoms with van der Waals surface area (Å²) < 4.78 is 7.31. The molecular weight excluding hydrogens is 232 g/mol. The number of carbonyl (C=O) groups is 1. The van der Waals surface area contributed by atoms with E-state index in [4.69, 9.17) is 4.74 Å². The van der Waals surface area contributed by atoms with E-state index < -0.39 is 0 Å². The van der Waals surface area contributed by atoms with Crippen LogP contribution in [0.25, 0.3) is 0 Å². The Hall–Kier alpha value is -1.40. The number of carbonyl (C=O) groups excluding carboxylic acids is 1. The number of morpholine rings is 1. The Kier molecular flexibility index (Phi) is 5.16. The van der Waals surface area contributed by atoms with E-state index in [1.54, 1.807) is 12.5 Å². The quantitative estimate of drug-likeness (QED) is 0.686. The van der Waals surface area contributed by atoms with E-state index in [9.17, 15) is 4.79 Å². The molecule has 0 spiro atoms. The lowest BCUT2D eigenvalue weighted by Crippen LogP contribution is -2.44. The van der Waals surface area contributed by atoms with Crippen LogP contribution in [0.2, 0.25) is 0 Å². The van der Waals surface area contributed by atoms with E-state index in [-0.39, 0.29) is 11.9 Å². The molecule has 0 unspecified atom stereocenters. The normalized spacial score (nSPS) is 19.7. The highest BCUT2D eigenvalue weighted by atomic mass is 16.5. The summed E-state index contributed by atoms with van der Waals surface area (Å²) in [5.74, 6) is 0.0867. The maximum atomic E-state index is 11.6. The largest absolute Gasteiger partial charge is 0.378 e. The van der Waals surface area contributed by atoms with Crippen molar-refractivity contribution >= 4 is 5.91 Å². The Morgan fingerprint density at radius 3 is 3.28 bits per heavy atom. The van der Waals surface area contributed by atoms with Gasteiger partial charge in [0.15, 0.2) is 0 Å². The van der Waals surface area contributed by atoms with Gasteiger partial charge in [-0.3, -0.25) is 4.79 Å². The van der Waals surface area contributed by atoms with Crippen LogP contribution in [0, 0.1) is 0 Å². The molecule has 1 aromatic heterocycles. The average Bonchev–Trinajstić information content (AvgIpc) is 2.89. The number of aryl methyl sites for hydroxylation is 1. The summed E-state index contributed by atoms with van der Waals surface area (Å²) in [7, 11) is 0. The first-order valence-corrected chi connectivity index (χ1v) is 6.38. The Morgan fingerprint density at radius 2 is 2.56 bits per heavy atom. The van der Waals surface area contributed by atoms with E-state index in [2.05, 4.69) is 15.6 Å². The summed E-state index contributed by atoms with van der Waals surface area (Å²) in [5, 5.41) is 6.19. The number of amides is 1. The van der Waals surface area contributed by atoms with Crippen molar-refractivity contribution in [2.45, 2.75) is 25.4 Å². The van der Waals surface area contributed by atoms with E-state index >= 15 is 0 Å². The Morgan fingerprint density at radius 1 is 1.61 bits per heavy atom. The number of imidazole rings is 1. The molecule has 6 heteroatoms. The lowest BCUT2D eigenvalue weighted by Gasteiger charge is -2.23. The van der Waals surface area contributed by atoms with Gasteiger partial charge in [0.05, 0.1) is 19.5 Å². The number of hydrogen-bond acceptors (Lipinski definition) is 4. The molecule has 1 aliphatic rings. The van der Waals surface area contributed by atoms with E-state index in [0.29, 0.717) is 19.6 Å². The van der Waals surface area contributed by atoms with E-state index in [0.717, 1.165) is 26.1 Å². The van der Waals surface area contributed by atoms with Crippen LogP contribution in [0.1, 0.15) is 12.8 Å². The molecule has 0 bridgehead atoms. The molecule has 6 nitrogen and oxygen atoms in total. The third-order valence-corrected chi connectivity index (χ3v) is 2.90. The van der Waals surface area contributed by atoms with Gasteiger partial charge in [-0.2, -0.15) is 0 Å². The number of rotatable bonds is 6. The number of nitrogens with one attached hydrogen (secondary N) is 2. The molecule has 18 heavy (non-hydrogen) atoms. The van der Waals surface area contributed by atoms with Gasteiger partial charge in [-0.25, -0.2) is 4.98 Å². The summed E-state index contributed by atoms with van der Waals surface area (Å²) in [5.41, 5.74) is 0. The molecule has 2 heterocycles. The van der Waals surface area contributed by atoms with Crippen LogP contribution in [0.3, 0.4) is 0 Å². The van der Waals surface area contributed by atoms with Crippen LogP contribution in [-0.4, -0.2) is 47.8 Å². The molecule has 1 saturated heterocycles. The minimum atomic E-state index is 0.0867. The Labute approximate surface area is 107 Å². The van der Waals surface area contributed by atoms with Crippen molar-refractivity contribution in [3.63, 3.8) is 0 Å². The molecule has 0 saturated carbocycles. The summed E-state index contributed by atoms with van der Waals surface area (Å²) in [6.45, 7) is 3.78. The number of nitrogens with zero attached hydrogens (tertiary/aromatic N) is 2. The lowest BCUT2D eigenvalue weighted by atomic mass is 10.2. The van der Waals surface area contributed by atoms with Crippen LogP contribution in [0.15, 0.2) is 18.7 Å². The first-order valence-electron chi connectivity index (χ1n) is 6.38. The fourth-order valence-corrected chi connectivity index (χ4v) is 1.96. The average molecular weight is 252 g/mol. The highest BCUT2D eigenvalue weighted by molar-refractivity contribution is 5.76. The first kappa shape index (κ1) is 13.0. The third-order valence-electron chi connectivity index (χ3n) is 2.90. The minimum absolute atomic E-state index is 0.0867. The van der Waals surface area contributed by atoms with Gasteiger partial charge in [-0.1, -0.05) is 0 Å². The predicted octanol–water partition coefficient (Wildman–Crippen LogP) is -0.232. The SMILES string of the molecule is O=C(C[C@H]1COCCN1)NCCCn1ccnc1. The first-order chi connectivity index (χ1) is 8.84. The fourth-order valence-electron chi connectivity index (χ4n) is 1.96. The van der Waals surface area contributed by atoms with Gasteiger partial charge in [-0.15, -0.1) is 0 Å². The zero-order chi connectivity index (χ0) is 12.6. The topological polar surface area (TPSA) is 68.2 Å². The van der Waals surface area contributed by atoms with Crippen molar-refractivity contribution in [2.75, 3.05) is 26.3 Å². The highest BCUT2D eigenvalue weighted by Crippen LogP contribution is 1.98. The number of aromatic nitrogens is 2. The van der Waals surface area contributed by atoms with Gasteiger partial charge in [0.1, 0.15) is 0 Å². The molecule has 2 N–H and O–H groups in total. The third kappa shape index (κ3) is 4.46. The van der Waals surface area contributed by atoms with Gasteiger partial charge >= 0.3 is 0 Å². The Bertz CT molecular complexity index is 347. The van der Waals surface area contributed by atoms with Gasteiger partial charge < -0.3 is 19.9 Å². The van der Waals surface area contributed by atoms with Gasteiger partial charge in [-0.05, 0) is 6.42 Å². The molecule has 100 valence electrons. The number of hydrogen-bond donors (Lipinski definition) is 2. The van der Waals surface area contributed by atoms with Crippen molar-refractivity contribution in [1.29, 1.82) is 0 Å². The molecule has 1 fully saturated rings. The van der Waals surface area contributed by atoms with E-state index in [1.807, 2.05) is 10.8 Å². The maximum Gasteiger partial charge on any atom is 0.221 e.